The number of hydrazine groups is 1. The van der Waals surface area contributed by atoms with E-state index in [1.54, 1.807) is 18.0 Å². The van der Waals surface area contributed by atoms with Crippen molar-refractivity contribution in [2.24, 2.45) is 5.84 Å². The third-order valence-corrected chi connectivity index (χ3v) is 3.80. The molecule has 3 N–H and O–H groups in total. The summed E-state index contributed by atoms with van der Waals surface area (Å²) in [5.74, 6) is 5.71. The summed E-state index contributed by atoms with van der Waals surface area (Å²) in [7, 11) is 1.65. The van der Waals surface area contributed by atoms with E-state index in [2.05, 4.69) is 26.5 Å². The van der Waals surface area contributed by atoms with Gasteiger partial charge in [0.2, 0.25) is 0 Å². The molecule has 0 amide bonds. The van der Waals surface area contributed by atoms with Gasteiger partial charge in [-0.25, -0.2) is 5.43 Å². The Hall–Kier alpha value is -0.920. The number of nitrogens with one attached hydrogen (secondary N) is 1. The molecule has 2 rings (SSSR count). The lowest BCUT2D eigenvalue weighted by Crippen LogP contribution is -2.31. The molecule has 0 aliphatic rings. The molecule has 0 fully saturated rings. The second-order valence-corrected chi connectivity index (χ2v) is 5.57. The van der Waals surface area contributed by atoms with Gasteiger partial charge in [0.25, 0.3) is 0 Å². The number of halogens is 2. The van der Waals surface area contributed by atoms with Crippen LogP contribution in [0.25, 0.3) is 0 Å². The highest BCUT2D eigenvalue weighted by Gasteiger charge is 2.21. The molecule has 1 aromatic heterocycles. The van der Waals surface area contributed by atoms with Crippen molar-refractivity contribution in [1.82, 2.24) is 15.2 Å². The Morgan fingerprint density at radius 2 is 2.15 bits per heavy atom. The first-order valence-corrected chi connectivity index (χ1v) is 7.26. The summed E-state index contributed by atoms with van der Waals surface area (Å²) in [5, 5.41) is 4.84. The molecule has 0 saturated heterocycles. The van der Waals surface area contributed by atoms with E-state index < -0.39 is 0 Å². The number of aromatic nitrogens is 2. The van der Waals surface area contributed by atoms with E-state index in [0.717, 1.165) is 15.7 Å². The standard InChI is InChI=1S/C13H16BrClN4O/c1-20-7-6-19-13(11(15)8-17-19)12(18-16)9-2-4-10(14)5-3-9/h2-5,8,12,18H,6-7,16H2,1H3. The number of ether oxygens (including phenoxy) is 1. The lowest BCUT2D eigenvalue weighted by Gasteiger charge is -2.19. The predicted octanol–water partition coefficient (Wildman–Crippen LogP) is 2.50. The van der Waals surface area contributed by atoms with Gasteiger partial charge < -0.3 is 4.74 Å². The van der Waals surface area contributed by atoms with Crippen LogP contribution in [0.2, 0.25) is 5.02 Å². The quantitative estimate of drug-likeness (QED) is 0.614. The molecule has 1 aromatic carbocycles. The molecule has 108 valence electrons. The normalized spacial score (nSPS) is 12.6. The van der Waals surface area contributed by atoms with Crippen LogP contribution in [-0.4, -0.2) is 23.5 Å². The van der Waals surface area contributed by atoms with Crippen LogP contribution in [0.15, 0.2) is 34.9 Å². The van der Waals surface area contributed by atoms with Gasteiger partial charge in [-0.15, -0.1) is 0 Å². The molecule has 7 heteroatoms. The predicted molar refractivity (Wildman–Crippen MR) is 82.4 cm³/mol. The number of rotatable bonds is 6. The minimum atomic E-state index is -0.227. The summed E-state index contributed by atoms with van der Waals surface area (Å²) in [6, 6.07) is 7.67. The first-order valence-electron chi connectivity index (χ1n) is 6.09. The molecule has 20 heavy (non-hydrogen) atoms. The van der Waals surface area contributed by atoms with Crippen LogP contribution in [0.4, 0.5) is 0 Å². The average Bonchev–Trinajstić information content (AvgIpc) is 2.81. The van der Waals surface area contributed by atoms with Gasteiger partial charge in [0.05, 0.1) is 36.1 Å². The van der Waals surface area contributed by atoms with Crippen LogP contribution in [0.3, 0.4) is 0 Å². The van der Waals surface area contributed by atoms with Crippen molar-refractivity contribution in [3.8, 4) is 0 Å². The maximum atomic E-state index is 6.25. The molecule has 1 atom stereocenters. The number of nitrogens with zero attached hydrogens (tertiary/aromatic N) is 2. The first-order chi connectivity index (χ1) is 9.67. The van der Waals surface area contributed by atoms with E-state index in [0.29, 0.717) is 18.2 Å². The Balaban J connectivity index is 2.35. The summed E-state index contributed by atoms with van der Waals surface area (Å²) >= 11 is 9.67. The third-order valence-electron chi connectivity index (χ3n) is 2.98. The molecule has 5 nitrogen and oxygen atoms in total. The molecular formula is C13H16BrClN4O. The summed E-state index contributed by atoms with van der Waals surface area (Å²) < 4.78 is 7.90. The number of methoxy groups -OCH3 is 1. The molecule has 1 unspecified atom stereocenters. The van der Waals surface area contributed by atoms with Crippen molar-refractivity contribution >= 4 is 27.5 Å². The van der Waals surface area contributed by atoms with Crippen LogP contribution in [0.1, 0.15) is 17.3 Å². The Morgan fingerprint density at radius 3 is 2.75 bits per heavy atom. The molecule has 0 bridgehead atoms. The average molecular weight is 360 g/mol. The van der Waals surface area contributed by atoms with Crippen molar-refractivity contribution in [3.05, 3.63) is 51.2 Å². The maximum Gasteiger partial charge on any atom is 0.0893 e. The molecule has 1 heterocycles. The van der Waals surface area contributed by atoms with E-state index >= 15 is 0 Å². The Labute approximate surface area is 131 Å². The fourth-order valence-corrected chi connectivity index (χ4v) is 2.52. The van der Waals surface area contributed by atoms with Gasteiger partial charge >= 0.3 is 0 Å². The lowest BCUT2D eigenvalue weighted by molar-refractivity contribution is 0.182. The third kappa shape index (κ3) is 3.39. The van der Waals surface area contributed by atoms with Crippen molar-refractivity contribution < 1.29 is 4.74 Å². The van der Waals surface area contributed by atoms with Gasteiger partial charge in [-0.05, 0) is 17.7 Å². The highest BCUT2D eigenvalue weighted by molar-refractivity contribution is 9.10. The molecule has 0 spiro atoms. The number of nitrogens with two attached hydrogens (primary N) is 1. The van der Waals surface area contributed by atoms with Crippen molar-refractivity contribution in [1.29, 1.82) is 0 Å². The molecule has 0 aliphatic heterocycles. The van der Waals surface area contributed by atoms with Crippen LogP contribution < -0.4 is 11.3 Å². The summed E-state index contributed by atoms with van der Waals surface area (Å²) in [6.45, 7) is 1.18. The largest absolute Gasteiger partial charge is 0.383 e. The van der Waals surface area contributed by atoms with Crippen LogP contribution in [0.5, 0.6) is 0 Å². The van der Waals surface area contributed by atoms with Crippen molar-refractivity contribution in [2.45, 2.75) is 12.6 Å². The van der Waals surface area contributed by atoms with E-state index in [9.17, 15) is 0 Å². The molecule has 2 aromatic rings. The summed E-state index contributed by atoms with van der Waals surface area (Å²) in [4.78, 5) is 0. The van der Waals surface area contributed by atoms with E-state index in [-0.39, 0.29) is 6.04 Å². The minimum Gasteiger partial charge on any atom is -0.383 e. The van der Waals surface area contributed by atoms with Crippen molar-refractivity contribution in [2.75, 3.05) is 13.7 Å². The second-order valence-electron chi connectivity index (χ2n) is 4.24. The monoisotopic (exact) mass is 358 g/mol. The fourth-order valence-electron chi connectivity index (χ4n) is 2.00. The van der Waals surface area contributed by atoms with Gasteiger partial charge in [0, 0.05) is 11.6 Å². The minimum absolute atomic E-state index is 0.227. The number of hydrogen-bond donors (Lipinski definition) is 2. The van der Waals surface area contributed by atoms with Gasteiger partial charge in [-0.2, -0.15) is 5.10 Å². The fraction of sp³-hybridized carbons (Fsp3) is 0.308. The number of benzene rings is 1. The maximum absolute atomic E-state index is 6.25. The van der Waals surface area contributed by atoms with Crippen LogP contribution in [-0.2, 0) is 11.3 Å². The SMILES string of the molecule is COCCn1ncc(Cl)c1C(NN)c1ccc(Br)cc1. The van der Waals surface area contributed by atoms with Gasteiger partial charge in [0.15, 0.2) is 0 Å². The van der Waals surface area contributed by atoms with Gasteiger partial charge in [-0.1, -0.05) is 39.7 Å². The lowest BCUT2D eigenvalue weighted by atomic mass is 10.0. The highest BCUT2D eigenvalue weighted by atomic mass is 79.9. The highest BCUT2D eigenvalue weighted by Crippen LogP contribution is 2.28. The summed E-state index contributed by atoms with van der Waals surface area (Å²) in [5.41, 5.74) is 4.63. The van der Waals surface area contributed by atoms with Gasteiger partial charge in [-0.3, -0.25) is 10.5 Å². The Bertz CT molecular complexity index is 558. The zero-order valence-electron chi connectivity index (χ0n) is 11.0. The van der Waals surface area contributed by atoms with Crippen LogP contribution in [0, 0.1) is 0 Å². The van der Waals surface area contributed by atoms with E-state index in [1.807, 2.05) is 24.3 Å². The second kappa shape index (κ2) is 7.19. The molecule has 0 aliphatic carbocycles. The van der Waals surface area contributed by atoms with E-state index in [4.69, 9.17) is 22.2 Å². The smallest absolute Gasteiger partial charge is 0.0893 e. The topological polar surface area (TPSA) is 65.1 Å². The number of hydrogen-bond acceptors (Lipinski definition) is 4. The first kappa shape index (κ1) is 15.5. The zero-order valence-corrected chi connectivity index (χ0v) is 13.4. The summed E-state index contributed by atoms with van der Waals surface area (Å²) in [6.07, 6.45) is 1.62. The van der Waals surface area contributed by atoms with Gasteiger partial charge in [0.1, 0.15) is 0 Å². The Morgan fingerprint density at radius 1 is 1.45 bits per heavy atom. The molecular weight excluding hydrogens is 344 g/mol. The molecule has 0 radical (unpaired) electrons. The van der Waals surface area contributed by atoms with E-state index in [1.165, 1.54) is 0 Å². The zero-order chi connectivity index (χ0) is 14.5. The molecule has 0 saturated carbocycles. The van der Waals surface area contributed by atoms with Crippen LogP contribution >= 0.6 is 27.5 Å². The van der Waals surface area contributed by atoms with Crippen molar-refractivity contribution in [3.63, 3.8) is 0 Å². The Kier molecular flexibility index (Phi) is 5.56.